The van der Waals surface area contributed by atoms with Crippen LogP contribution in [0.4, 0.5) is 0 Å². The van der Waals surface area contributed by atoms with E-state index in [2.05, 4.69) is 26.1 Å². The molecule has 0 saturated heterocycles. The van der Waals surface area contributed by atoms with Crippen LogP contribution in [0.5, 0.6) is 0 Å². The number of unbranched alkanes of at least 4 members (excludes halogenated alkanes) is 46. The largest absolute Gasteiger partial charge is 0.462 e. The van der Waals surface area contributed by atoms with Crippen LogP contribution in [0.15, 0.2) is 0 Å². The van der Waals surface area contributed by atoms with E-state index in [-0.39, 0.29) is 24.9 Å². The smallest absolute Gasteiger partial charge is 0.306 e. The molecule has 0 fully saturated rings. The number of aliphatic hydroxyl groups excluding tert-OH is 2. The number of carbonyl (C=O) groups is 2. The molecule has 0 aliphatic rings. The standard InChI is InChI=1S/C62H123NO5/c1-4-7-10-13-16-19-22-25-28-30-31-32-34-37-40-43-46-49-52-55-62(67)68-58(53-50-47-44-41-38-35-33-29-26-23-20-17-14-11-8-5-2)56-61(66)63-59(57-64)60(65)54-51-48-45-42-39-36-27-24-21-18-15-12-9-6-3/h58-60,64-65H,4-57H2,1-3H3,(H,63,66). The molecule has 0 spiro atoms. The molecule has 0 aromatic rings. The number of amides is 1. The molecule has 0 aromatic heterocycles. The topological polar surface area (TPSA) is 95.9 Å². The predicted molar refractivity (Wildman–Crippen MR) is 297 cm³/mol. The average Bonchev–Trinajstić information content (AvgIpc) is 3.33. The molecule has 68 heavy (non-hydrogen) atoms. The molecule has 3 N–H and O–H groups in total. The van der Waals surface area contributed by atoms with E-state index in [0.29, 0.717) is 19.3 Å². The summed E-state index contributed by atoms with van der Waals surface area (Å²) in [5, 5.41) is 23.9. The van der Waals surface area contributed by atoms with Crippen molar-refractivity contribution in [3.8, 4) is 0 Å². The summed E-state index contributed by atoms with van der Waals surface area (Å²) in [5.41, 5.74) is 0. The van der Waals surface area contributed by atoms with E-state index in [4.69, 9.17) is 4.74 Å². The van der Waals surface area contributed by atoms with Crippen molar-refractivity contribution in [3.05, 3.63) is 0 Å². The van der Waals surface area contributed by atoms with Gasteiger partial charge in [-0.25, -0.2) is 0 Å². The number of aliphatic hydroxyl groups is 2. The van der Waals surface area contributed by atoms with E-state index in [1.807, 2.05) is 0 Å². The Bertz CT molecular complexity index is 990. The number of hydrogen-bond acceptors (Lipinski definition) is 5. The van der Waals surface area contributed by atoms with Crippen molar-refractivity contribution in [1.82, 2.24) is 5.32 Å². The maximum atomic E-state index is 13.3. The summed E-state index contributed by atoms with van der Waals surface area (Å²) in [6.07, 6.45) is 64.6. The normalized spacial score (nSPS) is 13.0. The third kappa shape index (κ3) is 51.2. The van der Waals surface area contributed by atoms with Gasteiger partial charge < -0.3 is 20.3 Å². The molecule has 0 aromatic carbocycles. The Balaban J connectivity index is 4.46. The Hall–Kier alpha value is -1.14. The van der Waals surface area contributed by atoms with Crippen molar-refractivity contribution in [2.45, 2.75) is 379 Å². The molecule has 0 saturated carbocycles. The molecule has 1 amide bonds. The van der Waals surface area contributed by atoms with Gasteiger partial charge in [-0.3, -0.25) is 9.59 Å². The monoisotopic (exact) mass is 962 g/mol. The molecule has 3 atom stereocenters. The lowest BCUT2D eigenvalue weighted by Crippen LogP contribution is -2.46. The highest BCUT2D eigenvalue weighted by Gasteiger charge is 2.24. The van der Waals surface area contributed by atoms with E-state index < -0.39 is 18.2 Å². The van der Waals surface area contributed by atoms with Gasteiger partial charge in [0.05, 0.1) is 25.2 Å². The predicted octanol–water partition coefficient (Wildman–Crippen LogP) is 19.5. The summed E-state index contributed by atoms with van der Waals surface area (Å²) < 4.78 is 5.99. The zero-order valence-corrected chi connectivity index (χ0v) is 46.5. The van der Waals surface area contributed by atoms with Gasteiger partial charge >= 0.3 is 5.97 Å². The Morgan fingerprint density at radius 1 is 0.368 bits per heavy atom. The highest BCUT2D eigenvalue weighted by molar-refractivity contribution is 5.77. The van der Waals surface area contributed by atoms with Gasteiger partial charge in [-0.1, -0.05) is 323 Å². The molecule has 406 valence electrons. The molecular weight excluding hydrogens is 839 g/mol. The molecule has 6 heteroatoms. The summed E-state index contributed by atoms with van der Waals surface area (Å²) in [6, 6.07) is -0.694. The fourth-order valence-corrected chi connectivity index (χ4v) is 10.2. The Morgan fingerprint density at radius 3 is 0.897 bits per heavy atom. The number of nitrogens with one attached hydrogen (secondary N) is 1. The Labute approximate surface area is 426 Å². The van der Waals surface area contributed by atoms with Crippen LogP contribution < -0.4 is 5.32 Å². The Morgan fingerprint density at radius 2 is 0.618 bits per heavy atom. The lowest BCUT2D eigenvalue weighted by atomic mass is 10.0. The van der Waals surface area contributed by atoms with E-state index in [1.165, 1.54) is 276 Å². The van der Waals surface area contributed by atoms with E-state index >= 15 is 0 Å². The highest BCUT2D eigenvalue weighted by Crippen LogP contribution is 2.20. The number of rotatable bonds is 58. The van der Waals surface area contributed by atoms with Gasteiger partial charge in [0.15, 0.2) is 0 Å². The maximum absolute atomic E-state index is 13.3. The molecule has 3 unspecified atom stereocenters. The van der Waals surface area contributed by atoms with E-state index in [9.17, 15) is 19.8 Å². The van der Waals surface area contributed by atoms with Crippen molar-refractivity contribution in [3.63, 3.8) is 0 Å². The first-order valence-corrected chi connectivity index (χ1v) is 31.3. The first-order chi connectivity index (χ1) is 33.5. The molecular formula is C62H123NO5. The van der Waals surface area contributed by atoms with Crippen LogP contribution in [-0.4, -0.2) is 46.9 Å². The van der Waals surface area contributed by atoms with Gasteiger partial charge in [-0.2, -0.15) is 0 Å². The van der Waals surface area contributed by atoms with Crippen LogP contribution in [0, 0.1) is 0 Å². The molecule has 0 radical (unpaired) electrons. The lowest BCUT2D eigenvalue weighted by molar-refractivity contribution is -0.151. The van der Waals surface area contributed by atoms with Crippen molar-refractivity contribution in [2.24, 2.45) is 0 Å². The van der Waals surface area contributed by atoms with Gasteiger partial charge in [-0.05, 0) is 25.7 Å². The van der Waals surface area contributed by atoms with Gasteiger partial charge in [0.1, 0.15) is 6.10 Å². The van der Waals surface area contributed by atoms with Crippen molar-refractivity contribution in [1.29, 1.82) is 0 Å². The van der Waals surface area contributed by atoms with Gasteiger partial charge in [-0.15, -0.1) is 0 Å². The molecule has 6 nitrogen and oxygen atoms in total. The minimum Gasteiger partial charge on any atom is -0.462 e. The number of ether oxygens (including phenoxy) is 1. The quantitative estimate of drug-likeness (QED) is 0.0417. The van der Waals surface area contributed by atoms with Gasteiger partial charge in [0, 0.05) is 6.42 Å². The van der Waals surface area contributed by atoms with Crippen molar-refractivity contribution in [2.75, 3.05) is 6.61 Å². The second-order valence-electron chi connectivity index (χ2n) is 21.8. The fourth-order valence-electron chi connectivity index (χ4n) is 10.2. The third-order valence-electron chi connectivity index (χ3n) is 14.9. The highest BCUT2D eigenvalue weighted by atomic mass is 16.5. The third-order valence-corrected chi connectivity index (χ3v) is 14.9. The van der Waals surface area contributed by atoms with Crippen LogP contribution in [0.25, 0.3) is 0 Å². The number of hydrogen-bond donors (Lipinski definition) is 3. The molecule has 0 heterocycles. The Kier molecular flexibility index (Phi) is 55.8. The van der Waals surface area contributed by atoms with Crippen molar-refractivity contribution >= 4 is 11.9 Å². The summed E-state index contributed by atoms with van der Waals surface area (Å²) >= 11 is 0. The molecule has 0 aliphatic carbocycles. The van der Waals surface area contributed by atoms with Crippen LogP contribution in [0.3, 0.4) is 0 Å². The van der Waals surface area contributed by atoms with Crippen LogP contribution in [0.2, 0.25) is 0 Å². The first kappa shape index (κ1) is 66.9. The van der Waals surface area contributed by atoms with E-state index in [1.54, 1.807) is 0 Å². The summed E-state index contributed by atoms with van der Waals surface area (Å²) in [4.78, 5) is 26.4. The zero-order chi connectivity index (χ0) is 49.5. The van der Waals surface area contributed by atoms with Crippen LogP contribution >= 0.6 is 0 Å². The fraction of sp³-hybridized carbons (Fsp3) is 0.968. The SMILES string of the molecule is CCCCCCCCCCCCCCCCCCCCCC(=O)OC(CCCCCCCCCCCCCCCCCC)CC(=O)NC(CO)C(O)CCCCCCCCCCCCCCCC. The molecule has 0 rings (SSSR count). The minimum atomic E-state index is -0.781. The minimum absolute atomic E-state index is 0.0890. The summed E-state index contributed by atoms with van der Waals surface area (Å²) in [5.74, 6) is -0.440. The molecule has 0 aliphatic heterocycles. The maximum Gasteiger partial charge on any atom is 0.306 e. The summed E-state index contributed by atoms with van der Waals surface area (Å²) in [6.45, 7) is 6.55. The summed E-state index contributed by atoms with van der Waals surface area (Å²) in [7, 11) is 0. The second kappa shape index (κ2) is 56.8. The van der Waals surface area contributed by atoms with Crippen LogP contribution in [0.1, 0.15) is 361 Å². The zero-order valence-electron chi connectivity index (χ0n) is 46.5. The first-order valence-electron chi connectivity index (χ1n) is 31.3. The van der Waals surface area contributed by atoms with Gasteiger partial charge in [0.25, 0.3) is 0 Å². The number of carbonyl (C=O) groups excluding carboxylic acids is 2. The average molecular weight is 963 g/mol. The number of esters is 1. The van der Waals surface area contributed by atoms with Gasteiger partial charge in [0.2, 0.25) is 5.91 Å². The van der Waals surface area contributed by atoms with Crippen LogP contribution in [-0.2, 0) is 14.3 Å². The lowest BCUT2D eigenvalue weighted by Gasteiger charge is -2.24. The molecule has 0 bridgehead atoms. The van der Waals surface area contributed by atoms with E-state index in [0.717, 1.165) is 38.5 Å². The van der Waals surface area contributed by atoms with Crippen molar-refractivity contribution < 1.29 is 24.5 Å². The second-order valence-corrected chi connectivity index (χ2v) is 21.8.